The zero-order valence-corrected chi connectivity index (χ0v) is 18.4. The van der Waals surface area contributed by atoms with Gasteiger partial charge in [0.1, 0.15) is 0 Å². The fourth-order valence-corrected chi connectivity index (χ4v) is 5.26. The zero-order chi connectivity index (χ0) is 20.2. The average Bonchev–Trinajstić information content (AvgIpc) is 2.60. The van der Waals surface area contributed by atoms with Crippen LogP contribution in [0.5, 0.6) is 0 Å². The van der Waals surface area contributed by atoms with E-state index >= 15 is 0 Å². The van der Waals surface area contributed by atoms with Gasteiger partial charge in [-0.15, -0.1) is 0 Å². The third-order valence-electron chi connectivity index (χ3n) is 4.27. The minimum absolute atomic E-state index is 0.257. The van der Waals surface area contributed by atoms with Crippen LogP contribution in [0.15, 0.2) is 42.5 Å². The predicted octanol–water partition coefficient (Wildman–Crippen LogP) is 5.72. The smallest absolute Gasteiger partial charge is 0.264 e. The lowest BCUT2D eigenvalue weighted by Gasteiger charge is -2.26. The van der Waals surface area contributed by atoms with Gasteiger partial charge in [-0.25, -0.2) is 0 Å². The summed E-state index contributed by atoms with van der Waals surface area (Å²) in [5, 5.41) is 12.1. The van der Waals surface area contributed by atoms with E-state index in [2.05, 4.69) is 13.8 Å². The molecule has 2 atom stereocenters. The van der Waals surface area contributed by atoms with Gasteiger partial charge in [0.25, 0.3) is 7.37 Å². The summed E-state index contributed by atoms with van der Waals surface area (Å²) < 4.78 is 19.7. The lowest BCUT2D eigenvalue weighted by molar-refractivity contribution is 0.209. The molecule has 0 saturated heterocycles. The molecule has 0 aromatic heterocycles. The van der Waals surface area contributed by atoms with Gasteiger partial charge in [-0.2, -0.15) is 0 Å². The van der Waals surface area contributed by atoms with Gasteiger partial charge in [0.05, 0.1) is 6.61 Å². The molecular weight excluding hydrogens is 404 g/mol. The Morgan fingerprint density at radius 2 is 1.74 bits per heavy atom. The van der Waals surface area contributed by atoms with Gasteiger partial charge < -0.3 is 14.5 Å². The highest BCUT2D eigenvalue weighted by Crippen LogP contribution is 2.59. The first-order valence-corrected chi connectivity index (χ1v) is 11.3. The Kier molecular flexibility index (Phi) is 7.79. The topological polar surface area (TPSA) is 49.8 Å². The summed E-state index contributed by atoms with van der Waals surface area (Å²) in [4.78, 5) is 1.95. The Bertz CT molecular complexity index is 809. The van der Waals surface area contributed by atoms with E-state index < -0.39 is 13.2 Å². The number of anilines is 1. The number of aliphatic hydroxyl groups is 1. The normalized spacial score (nSPS) is 14.8. The van der Waals surface area contributed by atoms with E-state index in [-0.39, 0.29) is 11.6 Å². The highest BCUT2D eigenvalue weighted by atomic mass is 35.5. The van der Waals surface area contributed by atoms with Gasteiger partial charge in [0, 0.05) is 40.7 Å². The molecule has 2 aromatic rings. The van der Waals surface area contributed by atoms with Crippen molar-refractivity contribution in [1.29, 1.82) is 0 Å². The summed E-state index contributed by atoms with van der Waals surface area (Å²) in [6.07, 6.45) is 0.737. The van der Waals surface area contributed by atoms with Gasteiger partial charge in [0.15, 0.2) is 5.85 Å². The van der Waals surface area contributed by atoms with Crippen LogP contribution in [-0.2, 0) is 9.09 Å². The summed E-state index contributed by atoms with van der Waals surface area (Å²) in [5.74, 6) is -0.981. The molecule has 0 spiro atoms. The number of aliphatic hydroxyl groups excluding tert-OH is 1. The van der Waals surface area contributed by atoms with Crippen molar-refractivity contribution in [3.05, 3.63) is 58.1 Å². The lowest BCUT2D eigenvalue weighted by atomic mass is 10.2. The van der Waals surface area contributed by atoms with E-state index in [4.69, 9.17) is 27.7 Å². The Hall–Kier alpha value is -1.03. The molecule has 0 amide bonds. The van der Waals surface area contributed by atoms with E-state index in [1.54, 1.807) is 24.3 Å². The second-order valence-electron chi connectivity index (χ2n) is 7.06. The van der Waals surface area contributed by atoms with Crippen molar-refractivity contribution in [2.75, 3.05) is 25.6 Å². The van der Waals surface area contributed by atoms with Crippen molar-refractivity contribution >= 4 is 41.6 Å². The third kappa shape index (κ3) is 5.49. The SMILES string of the molecule is CC(C)CCO[P@@](=O)(c1ccc(N(C)C)cc1)[C@H](O)c1ccc(Cl)cc1Cl. The van der Waals surface area contributed by atoms with Gasteiger partial charge in [-0.3, -0.25) is 4.57 Å². The van der Waals surface area contributed by atoms with Crippen LogP contribution >= 0.6 is 30.6 Å². The fraction of sp³-hybridized carbons (Fsp3) is 0.400. The average molecular weight is 430 g/mol. The molecule has 0 radical (unpaired) electrons. The number of nitrogens with zero attached hydrogens (tertiary/aromatic N) is 1. The molecule has 0 aliphatic carbocycles. The monoisotopic (exact) mass is 429 g/mol. The van der Waals surface area contributed by atoms with Gasteiger partial charge >= 0.3 is 0 Å². The van der Waals surface area contributed by atoms with Crippen LogP contribution < -0.4 is 10.2 Å². The summed E-state index contributed by atoms with van der Waals surface area (Å²) in [5.41, 5.74) is 1.30. The van der Waals surface area contributed by atoms with E-state index in [1.807, 2.05) is 31.1 Å². The van der Waals surface area contributed by atoms with Crippen LogP contribution in [0, 0.1) is 5.92 Å². The number of halogens is 2. The minimum atomic E-state index is -3.62. The molecule has 0 heterocycles. The summed E-state index contributed by atoms with van der Waals surface area (Å²) >= 11 is 12.2. The van der Waals surface area contributed by atoms with Crippen molar-refractivity contribution in [1.82, 2.24) is 0 Å². The summed E-state index contributed by atoms with van der Waals surface area (Å²) in [6.45, 7) is 4.41. The molecule has 0 fully saturated rings. The zero-order valence-electron chi connectivity index (χ0n) is 16.0. The minimum Gasteiger partial charge on any atom is -0.378 e. The van der Waals surface area contributed by atoms with Crippen molar-refractivity contribution in [3.8, 4) is 0 Å². The second kappa shape index (κ2) is 9.45. The van der Waals surface area contributed by atoms with Gasteiger partial charge in [-0.05, 0) is 48.7 Å². The van der Waals surface area contributed by atoms with Crippen LogP contribution in [-0.4, -0.2) is 25.8 Å². The van der Waals surface area contributed by atoms with Crippen LogP contribution in [0.3, 0.4) is 0 Å². The molecule has 0 unspecified atom stereocenters. The summed E-state index contributed by atoms with van der Waals surface area (Å²) in [7, 11) is 0.230. The summed E-state index contributed by atoms with van der Waals surface area (Å²) in [6, 6.07) is 11.9. The van der Waals surface area contributed by atoms with Crippen molar-refractivity contribution in [2.45, 2.75) is 26.1 Å². The lowest BCUT2D eigenvalue weighted by Crippen LogP contribution is -2.17. The number of rotatable bonds is 8. The molecule has 148 valence electrons. The largest absolute Gasteiger partial charge is 0.378 e. The Balaban J connectivity index is 2.43. The third-order valence-corrected chi connectivity index (χ3v) is 7.34. The maximum absolute atomic E-state index is 13.8. The van der Waals surface area contributed by atoms with Crippen LogP contribution in [0.25, 0.3) is 0 Å². The molecule has 0 aliphatic rings. The fourth-order valence-electron chi connectivity index (χ4n) is 2.56. The molecule has 7 heteroatoms. The molecule has 2 aromatic carbocycles. The Labute approximate surface area is 171 Å². The Morgan fingerprint density at radius 3 is 2.26 bits per heavy atom. The molecule has 0 aliphatic heterocycles. The van der Waals surface area contributed by atoms with E-state index in [0.29, 0.717) is 21.8 Å². The quantitative estimate of drug-likeness (QED) is 0.545. The maximum atomic E-state index is 13.8. The molecule has 0 saturated carbocycles. The van der Waals surface area contributed by atoms with Crippen LogP contribution in [0.2, 0.25) is 10.0 Å². The predicted molar refractivity (Wildman–Crippen MR) is 115 cm³/mol. The standard InChI is InChI=1S/C20H26Cl2NO3P/c1-14(2)11-12-26-27(25,17-8-6-16(7-9-17)23(3)4)20(24)18-10-5-15(21)13-19(18)22/h5-10,13-14,20,24H,11-12H2,1-4H3/t20-,27-/m0/s1. The highest BCUT2D eigenvalue weighted by Gasteiger charge is 2.37. The first kappa shape index (κ1) is 22.3. The molecule has 2 rings (SSSR count). The first-order valence-electron chi connectivity index (χ1n) is 8.80. The van der Waals surface area contributed by atoms with Crippen LogP contribution in [0.4, 0.5) is 5.69 Å². The van der Waals surface area contributed by atoms with E-state index in [0.717, 1.165) is 12.1 Å². The number of hydrogen-bond acceptors (Lipinski definition) is 4. The molecule has 0 bridgehead atoms. The number of hydrogen-bond donors (Lipinski definition) is 1. The van der Waals surface area contributed by atoms with E-state index in [1.165, 1.54) is 6.07 Å². The van der Waals surface area contributed by atoms with Crippen molar-refractivity contribution in [2.24, 2.45) is 5.92 Å². The molecule has 4 nitrogen and oxygen atoms in total. The molecule has 27 heavy (non-hydrogen) atoms. The Morgan fingerprint density at radius 1 is 1.11 bits per heavy atom. The first-order chi connectivity index (χ1) is 12.6. The van der Waals surface area contributed by atoms with E-state index in [9.17, 15) is 9.67 Å². The van der Waals surface area contributed by atoms with Crippen molar-refractivity contribution in [3.63, 3.8) is 0 Å². The second-order valence-corrected chi connectivity index (χ2v) is 10.4. The van der Waals surface area contributed by atoms with Crippen molar-refractivity contribution < 1.29 is 14.2 Å². The van der Waals surface area contributed by atoms with Crippen LogP contribution in [0.1, 0.15) is 31.7 Å². The maximum Gasteiger partial charge on any atom is 0.264 e. The molecular formula is C20H26Cl2NO3P. The van der Waals surface area contributed by atoms with Gasteiger partial charge in [-0.1, -0.05) is 43.1 Å². The number of benzene rings is 2. The van der Waals surface area contributed by atoms with Gasteiger partial charge in [0.2, 0.25) is 0 Å². The molecule has 1 N–H and O–H groups in total. The highest BCUT2D eigenvalue weighted by molar-refractivity contribution is 7.67.